The zero-order valence-electron chi connectivity index (χ0n) is 11.2. The van der Waals surface area contributed by atoms with E-state index in [1.165, 1.54) is 12.8 Å². The molecule has 4 nitrogen and oxygen atoms in total. The maximum absolute atomic E-state index is 5.56. The Morgan fingerprint density at radius 3 is 2.94 bits per heavy atom. The third-order valence-electron chi connectivity index (χ3n) is 3.00. The molecule has 1 fully saturated rings. The van der Waals surface area contributed by atoms with Crippen LogP contribution in [0.15, 0.2) is 12.1 Å². The molecule has 1 heterocycles. The van der Waals surface area contributed by atoms with Gasteiger partial charge in [-0.2, -0.15) is 0 Å². The Labute approximate surface area is 109 Å². The highest BCUT2D eigenvalue weighted by Crippen LogP contribution is 2.28. The van der Waals surface area contributed by atoms with Gasteiger partial charge in [-0.05, 0) is 25.7 Å². The van der Waals surface area contributed by atoms with Gasteiger partial charge in [-0.3, -0.25) is 4.98 Å². The topological polar surface area (TPSA) is 43.4 Å². The van der Waals surface area contributed by atoms with Crippen LogP contribution in [0.25, 0.3) is 0 Å². The number of hydrogen-bond donors (Lipinski definition) is 1. The summed E-state index contributed by atoms with van der Waals surface area (Å²) in [5, 5.41) is 3.33. The predicted octanol–water partition coefficient (Wildman–Crippen LogP) is 1.91. The molecule has 1 N–H and O–H groups in total. The van der Waals surface area contributed by atoms with Gasteiger partial charge in [0.15, 0.2) is 0 Å². The van der Waals surface area contributed by atoms with Crippen molar-refractivity contribution in [3.63, 3.8) is 0 Å². The molecule has 100 valence electrons. The molecule has 0 amide bonds. The van der Waals surface area contributed by atoms with Gasteiger partial charge < -0.3 is 14.8 Å². The van der Waals surface area contributed by atoms with E-state index in [9.17, 15) is 0 Å². The van der Waals surface area contributed by atoms with Gasteiger partial charge in [0.2, 0.25) is 0 Å². The fraction of sp³-hybridized carbons (Fsp3) is 0.643. The minimum Gasteiger partial charge on any atom is -0.497 e. The second-order valence-corrected chi connectivity index (χ2v) is 4.83. The number of aryl methyl sites for hydroxylation is 1. The third kappa shape index (κ3) is 4.63. The zero-order valence-corrected chi connectivity index (χ0v) is 11.2. The van der Waals surface area contributed by atoms with Crippen molar-refractivity contribution in [3.05, 3.63) is 23.5 Å². The fourth-order valence-corrected chi connectivity index (χ4v) is 1.81. The molecule has 0 saturated heterocycles. The molecule has 0 bridgehead atoms. The number of methoxy groups -OCH3 is 1. The van der Waals surface area contributed by atoms with Crippen molar-refractivity contribution in [2.75, 3.05) is 26.9 Å². The van der Waals surface area contributed by atoms with E-state index < -0.39 is 0 Å². The standard InChI is InChI=1S/C14H22N2O2/c1-11-7-14(17-2)8-13(16-11)9-15-5-6-18-10-12-3-4-12/h7-8,12,15H,3-6,9-10H2,1-2H3. The largest absolute Gasteiger partial charge is 0.497 e. The Balaban J connectivity index is 1.63. The Kier molecular flexibility index (Phi) is 4.96. The van der Waals surface area contributed by atoms with Gasteiger partial charge in [0, 0.05) is 37.5 Å². The zero-order chi connectivity index (χ0) is 12.8. The van der Waals surface area contributed by atoms with Crippen molar-refractivity contribution < 1.29 is 9.47 Å². The van der Waals surface area contributed by atoms with Crippen molar-refractivity contribution in [2.24, 2.45) is 5.92 Å². The Hall–Kier alpha value is -1.13. The molecule has 0 unspecified atom stereocenters. The van der Waals surface area contributed by atoms with Crippen molar-refractivity contribution in [2.45, 2.75) is 26.3 Å². The first-order valence-electron chi connectivity index (χ1n) is 6.58. The predicted molar refractivity (Wildman–Crippen MR) is 70.8 cm³/mol. The first kappa shape index (κ1) is 13.3. The Morgan fingerprint density at radius 1 is 1.39 bits per heavy atom. The van der Waals surface area contributed by atoms with Crippen molar-refractivity contribution >= 4 is 0 Å². The van der Waals surface area contributed by atoms with Crippen molar-refractivity contribution in [3.8, 4) is 5.75 Å². The minimum atomic E-state index is 0.755. The lowest BCUT2D eigenvalue weighted by Crippen LogP contribution is -2.20. The summed E-state index contributed by atoms with van der Waals surface area (Å²) in [6.07, 6.45) is 2.70. The van der Waals surface area contributed by atoms with E-state index in [-0.39, 0.29) is 0 Å². The first-order valence-corrected chi connectivity index (χ1v) is 6.58. The van der Waals surface area contributed by atoms with Crippen LogP contribution < -0.4 is 10.1 Å². The lowest BCUT2D eigenvalue weighted by atomic mass is 10.3. The summed E-state index contributed by atoms with van der Waals surface area (Å²) in [5.74, 6) is 1.71. The number of pyridine rings is 1. The third-order valence-corrected chi connectivity index (χ3v) is 3.00. The molecule has 0 radical (unpaired) electrons. The van der Waals surface area contributed by atoms with Gasteiger partial charge in [0.25, 0.3) is 0 Å². The number of hydrogen-bond acceptors (Lipinski definition) is 4. The molecule has 1 aliphatic rings. The monoisotopic (exact) mass is 250 g/mol. The lowest BCUT2D eigenvalue weighted by molar-refractivity contribution is 0.126. The van der Waals surface area contributed by atoms with E-state index in [0.717, 1.165) is 49.4 Å². The molecular formula is C14H22N2O2. The molecule has 1 aromatic heterocycles. The van der Waals surface area contributed by atoms with E-state index in [2.05, 4.69) is 10.3 Å². The summed E-state index contributed by atoms with van der Waals surface area (Å²) < 4.78 is 10.8. The number of rotatable bonds is 8. The molecule has 0 spiro atoms. The highest BCUT2D eigenvalue weighted by atomic mass is 16.5. The first-order chi connectivity index (χ1) is 8.78. The SMILES string of the molecule is COc1cc(C)nc(CNCCOCC2CC2)c1. The molecule has 2 rings (SSSR count). The van der Waals surface area contributed by atoms with Crippen LogP contribution in [0.1, 0.15) is 24.2 Å². The molecule has 0 atom stereocenters. The van der Waals surface area contributed by atoms with Crippen LogP contribution in [0.2, 0.25) is 0 Å². The van der Waals surface area contributed by atoms with E-state index in [1.807, 2.05) is 19.1 Å². The molecule has 1 aromatic rings. The average molecular weight is 250 g/mol. The molecule has 18 heavy (non-hydrogen) atoms. The van der Waals surface area contributed by atoms with Crippen LogP contribution in [0.5, 0.6) is 5.75 Å². The minimum absolute atomic E-state index is 0.755. The van der Waals surface area contributed by atoms with E-state index in [1.54, 1.807) is 7.11 Å². The molecule has 1 saturated carbocycles. The number of aromatic nitrogens is 1. The van der Waals surface area contributed by atoms with Crippen LogP contribution in [-0.4, -0.2) is 31.9 Å². The summed E-state index contributed by atoms with van der Waals surface area (Å²) in [6.45, 7) is 5.30. The highest BCUT2D eigenvalue weighted by Gasteiger charge is 2.20. The van der Waals surface area contributed by atoms with Crippen LogP contribution in [-0.2, 0) is 11.3 Å². The van der Waals surface area contributed by atoms with Crippen LogP contribution in [0.4, 0.5) is 0 Å². The van der Waals surface area contributed by atoms with Gasteiger partial charge in [-0.25, -0.2) is 0 Å². The summed E-state index contributed by atoms with van der Waals surface area (Å²) in [4.78, 5) is 4.45. The Bertz CT molecular complexity index is 378. The van der Waals surface area contributed by atoms with Crippen molar-refractivity contribution in [1.29, 1.82) is 0 Å². The molecular weight excluding hydrogens is 228 g/mol. The summed E-state index contributed by atoms with van der Waals surface area (Å²) in [7, 11) is 1.68. The maximum atomic E-state index is 5.56. The fourth-order valence-electron chi connectivity index (χ4n) is 1.81. The lowest BCUT2D eigenvalue weighted by Gasteiger charge is -2.08. The van der Waals surface area contributed by atoms with Crippen molar-refractivity contribution in [1.82, 2.24) is 10.3 Å². The van der Waals surface area contributed by atoms with E-state index in [0.29, 0.717) is 0 Å². The number of nitrogens with one attached hydrogen (secondary N) is 1. The van der Waals surface area contributed by atoms with Gasteiger partial charge in [-0.15, -0.1) is 0 Å². The quantitative estimate of drug-likeness (QED) is 0.716. The maximum Gasteiger partial charge on any atom is 0.122 e. The summed E-state index contributed by atoms with van der Waals surface area (Å²) >= 11 is 0. The van der Waals surface area contributed by atoms with Crippen LogP contribution in [0, 0.1) is 12.8 Å². The van der Waals surface area contributed by atoms with Gasteiger partial charge in [0.1, 0.15) is 5.75 Å². The van der Waals surface area contributed by atoms with Gasteiger partial charge >= 0.3 is 0 Å². The number of ether oxygens (including phenoxy) is 2. The summed E-state index contributed by atoms with van der Waals surface area (Å²) in [6, 6.07) is 3.90. The second-order valence-electron chi connectivity index (χ2n) is 4.83. The normalized spacial score (nSPS) is 14.8. The van der Waals surface area contributed by atoms with E-state index in [4.69, 9.17) is 9.47 Å². The van der Waals surface area contributed by atoms with E-state index >= 15 is 0 Å². The molecule has 0 aliphatic heterocycles. The van der Waals surface area contributed by atoms with Gasteiger partial charge in [0.05, 0.1) is 19.4 Å². The van der Waals surface area contributed by atoms with Crippen LogP contribution >= 0.6 is 0 Å². The smallest absolute Gasteiger partial charge is 0.122 e. The number of nitrogens with zero attached hydrogens (tertiary/aromatic N) is 1. The Morgan fingerprint density at radius 2 is 2.22 bits per heavy atom. The van der Waals surface area contributed by atoms with Gasteiger partial charge in [-0.1, -0.05) is 0 Å². The molecule has 1 aliphatic carbocycles. The average Bonchev–Trinajstić information content (AvgIpc) is 3.17. The molecule has 4 heteroatoms. The molecule has 0 aromatic carbocycles. The second kappa shape index (κ2) is 6.71. The highest BCUT2D eigenvalue weighted by molar-refractivity contribution is 5.26. The summed E-state index contributed by atoms with van der Waals surface area (Å²) in [5.41, 5.74) is 1.99. The van der Waals surface area contributed by atoms with Crippen LogP contribution in [0.3, 0.4) is 0 Å².